The Bertz CT molecular complexity index is 1320. The first-order valence-electron chi connectivity index (χ1n) is 11.5. The molecule has 0 bridgehead atoms. The molecule has 190 valence electrons. The third kappa shape index (κ3) is 5.20. The van der Waals surface area contributed by atoms with E-state index in [0.717, 1.165) is 46.5 Å². The lowest BCUT2D eigenvalue weighted by Crippen LogP contribution is -2.41. The molecular formula is C25H29N5O6. The summed E-state index contributed by atoms with van der Waals surface area (Å²) in [5.41, 5.74) is 18.8. The zero-order valence-corrected chi connectivity index (χ0v) is 19.9. The molecule has 3 heterocycles. The first-order chi connectivity index (χ1) is 17.3. The van der Waals surface area contributed by atoms with Crippen LogP contribution in [0.5, 0.6) is 23.0 Å². The number of rotatable bonds is 6. The van der Waals surface area contributed by atoms with Crippen LogP contribution in [-0.4, -0.2) is 43.5 Å². The van der Waals surface area contributed by atoms with Crippen molar-refractivity contribution in [3.63, 3.8) is 0 Å². The van der Waals surface area contributed by atoms with Crippen LogP contribution in [0.4, 0.5) is 0 Å². The van der Waals surface area contributed by atoms with Crippen molar-refractivity contribution in [2.75, 3.05) is 20.4 Å². The molecule has 0 radical (unpaired) electrons. The minimum Gasteiger partial charge on any atom is -0.548 e. The van der Waals surface area contributed by atoms with Crippen molar-refractivity contribution in [2.24, 2.45) is 22.2 Å². The second-order valence-corrected chi connectivity index (χ2v) is 8.46. The maximum absolute atomic E-state index is 10.4. The van der Waals surface area contributed by atoms with Gasteiger partial charge in [-0.15, -0.1) is 0 Å². The summed E-state index contributed by atoms with van der Waals surface area (Å²) >= 11 is 0. The van der Waals surface area contributed by atoms with Crippen molar-refractivity contribution in [3.05, 3.63) is 42.1 Å². The van der Waals surface area contributed by atoms with Crippen molar-refractivity contribution in [2.45, 2.75) is 31.8 Å². The first kappa shape index (κ1) is 24.9. The molecule has 11 nitrogen and oxygen atoms in total. The second kappa shape index (κ2) is 10.6. The van der Waals surface area contributed by atoms with Gasteiger partial charge in [0.15, 0.2) is 41.7 Å². The lowest BCUT2D eigenvalue weighted by atomic mass is 9.95. The predicted octanol–water partition coefficient (Wildman–Crippen LogP) is -0.0895. The molecule has 0 spiro atoms. The Balaban J connectivity index is 0.000000218. The van der Waals surface area contributed by atoms with Gasteiger partial charge in [-0.3, -0.25) is 4.99 Å². The fraction of sp³-hybridized carbons (Fsp3) is 0.320. The van der Waals surface area contributed by atoms with Gasteiger partial charge in [-0.2, -0.15) is 4.57 Å². The summed E-state index contributed by atoms with van der Waals surface area (Å²) in [6, 6.07) is 9.07. The summed E-state index contributed by atoms with van der Waals surface area (Å²) in [5.74, 6) is 1.03. The number of hydrogen-bond acceptors (Lipinski definition) is 8. The Morgan fingerprint density at radius 2 is 2.00 bits per heavy atom. The van der Waals surface area contributed by atoms with Crippen LogP contribution in [0.2, 0.25) is 0 Å². The molecule has 2 aromatic carbocycles. The number of carbonyl (C=O) groups is 1. The molecule has 3 aromatic rings. The van der Waals surface area contributed by atoms with Crippen LogP contribution >= 0.6 is 0 Å². The third-order valence-corrected chi connectivity index (χ3v) is 6.09. The molecule has 1 aromatic heterocycles. The van der Waals surface area contributed by atoms with Crippen LogP contribution in [0.3, 0.4) is 0 Å². The van der Waals surface area contributed by atoms with Crippen molar-refractivity contribution in [3.8, 4) is 34.3 Å². The molecule has 2 aliphatic heterocycles. The number of aryl methyl sites for hydroxylation is 2. The third-order valence-electron chi connectivity index (χ3n) is 6.09. The summed E-state index contributed by atoms with van der Waals surface area (Å²) in [6.07, 6.45) is 3.77. The zero-order valence-electron chi connectivity index (χ0n) is 19.9. The lowest BCUT2D eigenvalue weighted by Gasteiger charge is -2.16. The summed E-state index contributed by atoms with van der Waals surface area (Å²) < 4.78 is 18.4. The van der Waals surface area contributed by atoms with Gasteiger partial charge in [-0.1, -0.05) is 0 Å². The highest BCUT2D eigenvalue weighted by Crippen LogP contribution is 2.41. The second-order valence-electron chi connectivity index (χ2n) is 8.46. The van der Waals surface area contributed by atoms with E-state index in [9.17, 15) is 15.0 Å². The number of benzene rings is 2. The molecule has 0 saturated carbocycles. The van der Waals surface area contributed by atoms with Crippen LogP contribution in [0.15, 0.2) is 41.5 Å². The number of aliphatic imine (C=N–C) groups is 1. The van der Waals surface area contributed by atoms with Crippen LogP contribution in [-0.2, 0) is 17.8 Å². The number of pyridine rings is 1. The number of aromatic hydroxyl groups is 1. The number of carboxylic acids is 1. The van der Waals surface area contributed by atoms with Gasteiger partial charge in [-0.05, 0) is 48.1 Å². The highest BCUT2D eigenvalue weighted by Gasteiger charge is 2.28. The lowest BCUT2D eigenvalue weighted by molar-refractivity contribution is -0.686. The first-order valence-corrected chi connectivity index (χ1v) is 11.5. The number of carbonyl (C=O) groups excluding carboxylic acids is 1. The molecule has 1 unspecified atom stereocenters. The summed E-state index contributed by atoms with van der Waals surface area (Å²) in [7, 11) is 1.56. The monoisotopic (exact) mass is 495 g/mol. The smallest absolute Gasteiger partial charge is 0.231 e. The molecule has 36 heavy (non-hydrogen) atoms. The van der Waals surface area contributed by atoms with Gasteiger partial charge >= 0.3 is 0 Å². The number of phenolic OH excluding ortho intramolecular Hbond substituents is 1. The van der Waals surface area contributed by atoms with Crippen molar-refractivity contribution in [1.29, 1.82) is 0 Å². The van der Waals surface area contributed by atoms with Crippen LogP contribution < -0.4 is 41.1 Å². The normalized spacial score (nSPS) is 13.6. The van der Waals surface area contributed by atoms with Crippen LogP contribution in [0.25, 0.3) is 22.0 Å². The molecule has 1 atom stereocenters. The van der Waals surface area contributed by atoms with Gasteiger partial charge in [0.25, 0.3) is 0 Å². The molecule has 0 aliphatic carbocycles. The zero-order chi connectivity index (χ0) is 25.8. The quantitative estimate of drug-likeness (QED) is 0.157. The van der Waals surface area contributed by atoms with E-state index < -0.39 is 12.0 Å². The van der Waals surface area contributed by atoms with Crippen LogP contribution in [0.1, 0.15) is 18.4 Å². The van der Waals surface area contributed by atoms with Gasteiger partial charge in [0, 0.05) is 25.1 Å². The van der Waals surface area contributed by atoms with Gasteiger partial charge < -0.3 is 46.4 Å². The molecule has 5 rings (SSSR count). The summed E-state index contributed by atoms with van der Waals surface area (Å²) in [5, 5.41) is 22.3. The van der Waals surface area contributed by atoms with Crippen molar-refractivity contribution >= 4 is 22.7 Å². The predicted molar refractivity (Wildman–Crippen MR) is 131 cm³/mol. The number of aromatic nitrogens is 1. The van der Waals surface area contributed by atoms with E-state index in [1.807, 2.05) is 12.3 Å². The average molecular weight is 496 g/mol. The molecule has 0 saturated heterocycles. The number of nitrogens with zero attached hydrogens (tertiary/aromatic N) is 2. The molecule has 7 N–H and O–H groups in total. The van der Waals surface area contributed by atoms with Gasteiger partial charge in [0.1, 0.15) is 0 Å². The Labute approximate surface area is 207 Å². The van der Waals surface area contributed by atoms with Crippen molar-refractivity contribution in [1.82, 2.24) is 0 Å². The molecule has 11 heteroatoms. The number of guanidine groups is 1. The maximum Gasteiger partial charge on any atom is 0.231 e. The minimum atomic E-state index is -1.25. The fourth-order valence-electron chi connectivity index (χ4n) is 4.21. The number of nitrogens with two attached hydrogens (primary N) is 3. The standard InChI is InChI=1S/C19H15NO4.C6H14N4O2/c1-22-16-3-2-11-6-15-13-8-18-17(23-10-24-18)7-12(13)4-5-20(15)9-14(11)19(16)21;7-4(5(11)12)2-1-3-10-6(8)9/h2-3,6-9H,4-5,10H2,1H3;4H,1-3,7H2,(H,11,12)(H4,8,9,10). The number of phenols is 1. The van der Waals surface area contributed by atoms with E-state index in [1.165, 1.54) is 5.56 Å². The number of ether oxygens (including phenoxy) is 3. The van der Waals surface area contributed by atoms with Crippen molar-refractivity contribution < 1.29 is 33.8 Å². The SMILES string of the molecule is COc1ccc2cc3[n+](cc2c1O)CCc1cc2c(cc1-3)OCO2.NC(N)=NCCCC(N)C(=O)[O-]. The largest absolute Gasteiger partial charge is 0.548 e. The van der Waals surface area contributed by atoms with Gasteiger partial charge in [0.2, 0.25) is 12.5 Å². The van der Waals surface area contributed by atoms with Gasteiger partial charge in [-0.25, -0.2) is 0 Å². The van der Waals surface area contributed by atoms with E-state index >= 15 is 0 Å². The Hall–Kier alpha value is -4.25. The number of carboxylic acid groups (broad SMARTS) is 1. The topological polar surface area (TPSA) is 182 Å². The molecule has 0 amide bonds. The maximum atomic E-state index is 10.4. The molecule has 2 aliphatic rings. The van der Waals surface area contributed by atoms with Gasteiger partial charge in [0.05, 0.1) is 24.0 Å². The number of hydrogen-bond donors (Lipinski definition) is 4. The summed E-state index contributed by atoms with van der Waals surface area (Å²) in [6.45, 7) is 1.53. The number of fused-ring (bicyclic) bond motifs is 5. The highest BCUT2D eigenvalue weighted by molar-refractivity contribution is 5.91. The Kier molecular flexibility index (Phi) is 7.30. The van der Waals surface area contributed by atoms with E-state index in [1.54, 1.807) is 13.2 Å². The molecular weight excluding hydrogens is 466 g/mol. The Morgan fingerprint density at radius 3 is 2.69 bits per heavy atom. The van der Waals surface area contributed by atoms with Crippen LogP contribution in [0, 0.1) is 0 Å². The van der Waals surface area contributed by atoms with E-state index in [2.05, 4.69) is 27.8 Å². The molecule has 0 fully saturated rings. The highest BCUT2D eigenvalue weighted by atomic mass is 16.7. The summed E-state index contributed by atoms with van der Waals surface area (Å²) in [4.78, 5) is 13.8. The number of methoxy groups -OCH3 is 1. The van der Waals surface area contributed by atoms with E-state index in [4.69, 9.17) is 31.4 Å². The average Bonchev–Trinajstić information content (AvgIpc) is 3.32. The number of aliphatic carboxylic acids is 1. The van der Waals surface area contributed by atoms with E-state index in [-0.39, 0.29) is 18.5 Å². The van der Waals surface area contributed by atoms with E-state index in [0.29, 0.717) is 25.1 Å². The fourth-order valence-corrected chi connectivity index (χ4v) is 4.21. The Morgan fingerprint density at radius 1 is 1.25 bits per heavy atom. The minimum absolute atomic E-state index is 0.00276.